The Bertz CT molecular complexity index is 374. The van der Waals surface area contributed by atoms with Gasteiger partial charge in [0.25, 0.3) is 5.91 Å². The van der Waals surface area contributed by atoms with Gasteiger partial charge in [0, 0.05) is 5.38 Å². The monoisotopic (exact) mass is 197 g/mol. The molecule has 68 valence electrons. The van der Waals surface area contributed by atoms with Gasteiger partial charge < -0.3 is 5.32 Å². The molecule has 2 heterocycles. The standard InChI is InChI=1S/C7H7N3O2S/c1-3-8-4(2-13-3)5-6(11)10-7(12)9-5/h2,5H,1H3,(H2,9,10,11,12)/t5-/m0/s1. The maximum absolute atomic E-state index is 11.2. The number of urea groups is 1. The fourth-order valence-electron chi connectivity index (χ4n) is 1.14. The molecule has 1 aromatic heterocycles. The van der Waals surface area contributed by atoms with E-state index in [4.69, 9.17) is 0 Å². The van der Waals surface area contributed by atoms with Crippen molar-refractivity contribution in [3.63, 3.8) is 0 Å². The van der Waals surface area contributed by atoms with Crippen molar-refractivity contribution >= 4 is 23.3 Å². The number of hydrogen-bond donors (Lipinski definition) is 2. The van der Waals surface area contributed by atoms with E-state index in [2.05, 4.69) is 15.6 Å². The fourth-order valence-corrected chi connectivity index (χ4v) is 1.78. The second kappa shape index (κ2) is 2.81. The molecule has 6 heteroatoms. The highest BCUT2D eigenvalue weighted by molar-refractivity contribution is 7.09. The zero-order chi connectivity index (χ0) is 9.42. The molecule has 2 N–H and O–H groups in total. The van der Waals surface area contributed by atoms with Crippen molar-refractivity contribution in [1.82, 2.24) is 15.6 Å². The summed E-state index contributed by atoms with van der Waals surface area (Å²) in [5, 5.41) is 7.28. The van der Waals surface area contributed by atoms with Crippen LogP contribution in [0.5, 0.6) is 0 Å². The molecule has 3 amide bonds. The van der Waals surface area contributed by atoms with Crippen molar-refractivity contribution in [1.29, 1.82) is 0 Å². The molecule has 0 spiro atoms. The Morgan fingerprint density at radius 1 is 1.54 bits per heavy atom. The Hall–Kier alpha value is -1.43. The van der Waals surface area contributed by atoms with E-state index in [9.17, 15) is 9.59 Å². The minimum atomic E-state index is -0.613. The van der Waals surface area contributed by atoms with E-state index in [1.807, 2.05) is 6.92 Å². The third-order valence-electron chi connectivity index (χ3n) is 1.71. The number of nitrogens with zero attached hydrogens (tertiary/aromatic N) is 1. The van der Waals surface area contributed by atoms with Crippen LogP contribution < -0.4 is 10.6 Å². The average molecular weight is 197 g/mol. The van der Waals surface area contributed by atoms with Gasteiger partial charge in [-0.1, -0.05) is 0 Å². The molecular weight excluding hydrogens is 190 g/mol. The third-order valence-corrected chi connectivity index (χ3v) is 2.50. The largest absolute Gasteiger partial charge is 0.322 e. The van der Waals surface area contributed by atoms with Crippen LogP contribution in [0.15, 0.2) is 5.38 Å². The summed E-state index contributed by atoms with van der Waals surface area (Å²) in [7, 11) is 0. The van der Waals surface area contributed by atoms with E-state index < -0.39 is 12.1 Å². The first kappa shape index (κ1) is 8.18. The van der Waals surface area contributed by atoms with Crippen LogP contribution >= 0.6 is 11.3 Å². The summed E-state index contributed by atoms with van der Waals surface area (Å²) in [6, 6.07) is -1.07. The summed E-state index contributed by atoms with van der Waals surface area (Å²) in [6.45, 7) is 1.85. The molecule has 1 saturated heterocycles. The first-order chi connectivity index (χ1) is 6.16. The highest BCUT2D eigenvalue weighted by Gasteiger charge is 2.32. The summed E-state index contributed by atoms with van der Waals surface area (Å²) in [6.07, 6.45) is 0. The predicted octanol–water partition coefficient (Wildman–Crippen LogP) is 0.332. The van der Waals surface area contributed by atoms with Gasteiger partial charge in [0.1, 0.15) is 0 Å². The van der Waals surface area contributed by atoms with Crippen LogP contribution in [0.25, 0.3) is 0 Å². The molecule has 5 nitrogen and oxygen atoms in total. The molecule has 0 unspecified atom stereocenters. The molecule has 1 aliphatic heterocycles. The zero-order valence-electron chi connectivity index (χ0n) is 6.83. The molecule has 0 radical (unpaired) electrons. The first-order valence-corrected chi connectivity index (χ1v) is 4.58. The van der Waals surface area contributed by atoms with Gasteiger partial charge in [0.15, 0.2) is 6.04 Å². The van der Waals surface area contributed by atoms with Gasteiger partial charge >= 0.3 is 6.03 Å². The van der Waals surface area contributed by atoms with Crippen molar-refractivity contribution in [2.45, 2.75) is 13.0 Å². The molecule has 13 heavy (non-hydrogen) atoms. The summed E-state index contributed by atoms with van der Waals surface area (Å²) in [5.74, 6) is -0.338. The SMILES string of the molecule is Cc1nc([C@@H]2NC(=O)NC2=O)cs1. The van der Waals surface area contributed by atoms with Crippen molar-refractivity contribution in [2.75, 3.05) is 0 Å². The van der Waals surface area contributed by atoms with Crippen molar-refractivity contribution in [2.24, 2.45) is 0 Å². The van der Waals surface area contributed by atoms with E-state index in [1.165, 1.54) is 11.3 Å². The summed E-state index contributed by atoms with van der Waals surface area (Å²) in [5.41, 5.74) is 0.603. The number of nitrogens with one attached hydrogen (secondary N) is 2. The van der Waals surface area contributed by atoms with E-state index in [-0.39, 0.29) is 5.91 Å². The van der Waals surface area contributed by atoms with E-state index in [1.54, 1.807) is 5.38 Å². The third kappa shape index (κ3) is 1.40. The van der Waals surface area contributed by atoms with Crippen LogP contribution in [0.4, 0.5) is 4.79 Å². The van der Waals surface area contributed by atoms with Gasteiger partial charge in [-0.3, -0.25) is 10.1 Å². The number of imide groups is 1. The van der Waals surface area contributed by atoms with Crippen LogP contribution in [0.2, 0.25) is 0 Å². The van der Waals surface area contributed by atoms with E-state index in [0.717, 1.165) is 5.01 Å². The highest BCUT2D eigenvalue weighted by Crippen LogP contribution is 2.18. The van der Waals surface area contributed by atoms with Gasteiger partial charge in [0.2, 0.25) is 0 Å². The minimum Gasteiger partial charge on any atom is -0.321 e. The van der Waals surface area contributed by atoms with Crippen LogP contribution in [0, 0.1) is 6.92 Å². The van der Waals surface area contributed by atoms with Crippen LogP contribution in [0.3, 0.4) is 0 Å². The maximum Gasteiger partial charge on any atom is 0.322 e. The minimum absolute atomic E-state index is 0.338. The van der Waals surface area contributed by atoms with Crippen molar-refractivity contribution in [3.05, 3.63) is 16.1 Å². The summed E-state index contributed by atoms with van der Waals surface area (Å²) < 4.78 is 0. The lowest BCUT2D eigenvalue weighted by atomic mass is 10.2. The number of aromatic nitrogens is 1. The molecule has 0 aliphatic carbocycles. The molecule has 0 aromatic carbocycles. The maximum atomic E-state index is 11.2. The second-order valence-electron chi connectivity index (χ2n) is 2.69. The fraction of sp³-hybridized carbons (Fsp3) is 0.286. The van der Waals surface area contributed by atoms with E-state index >= 15 is 0 Å². The topological polar surface area (TPSA) is 71.1 Å². The molecule has 1 aromatic rings. The predicted molar refractivity (Wildman–Crippen MR) is 46.3 cm³/mol. The molecule has 0 bridgehead atoms. The van der Waals surface area contributed by atoms with E-state index in [0.29, 0.717) is 5.69 Å². The Morgan fingerprint density at radius 3 is 2.77 bits per heavy atom. The molecule has 0 saturated carbocycles. The van der Waals surface area contributed by atoms with Gasteiger partial charge in [-0.25, -0.2) is 9.78 Å². The molecule has 1 atom stereocenters. The van der Waals surface area contributed by atoms with Crippen LogP contribution in [0.1, 0.15) is 16.7 Å². The lowest BCUT2D eigenvalue weighted by Gasteiger charge is -2.00. The highest BCUT2D eigenvalue weighted by atomic mass is 32.1. The lowest BCUT2D eigenvalue weighted by molar-refractivity contribution is -0.120. The van der Waals surface area contributed by atoms with Crippen LogP contribution in [-0.4, -0.2) is 16.9 Å². The molecule has 2 rings (SSSR count). The summed E-state index contributed by atoms with van der Waals surface area (Å²) in [4.78, 5) is 26.1. The number of amides is 3. The number of hydrogen-bond acceptors (Lipinski definition) is 4. The molecule has 1 aliphatic rings. The van der Waals surface area contributed by atoms with Gasteiger partial charge in [-0.2, -0.15) is 0 Å². The quantitative estimate of drug-likeness (QED) is 0.637. The van der Waals surface area contributed by atoms with Gasteiger partial charge in [-0.05, 0) is 6.92 Å². The lowest BCUT2D eigenvalue weighted by Crippen LogP contribution is -2.22. The Morgan fingerprint density at radius 2 is 2.31 bits per heavy atom. The summed E-state index contributed by atoms with van der Waals surface area (Å²) >= 11 is 1.45. The first-order valence-electron chi connectivity index (χ1n) is 3.70. The number of rotatable bonds is 1. The Balaban J connectivity index is 2.27. The van der Waals surface area contributed by atoms with Crippen molar-refractivity contribution < 1.29 is 9.59 Å². The molecule has 1 fully saturated rings. The number of aryl methyl sites for hydroxylation is 1. The van der Waals surface area contributed by atoms with Gasteiger partial charge in [0.05, 0.1) is 10.7 Å². The molecular formula is C7H7N3O2S. The number of carbonyl (C=O) groups is 2. The van der Waals surface area contributed by atoms with Gasteiger partial charge in [-0.15, -0.1) is 11.3 Å². The Kier molecular flexibility index (Phi) is 1.77. The average Bonchev–Trinajstić information content (AvgIpc) is 2.58. The zero-order valence-corrected chi connectivity index (χ0v) is 7.64. The smallest absolute Gasteiger partial charge is 0.321 e. The number of thiazole rings is 1. The van der Waals surface area contributed by atoms with Crippen LogP contribution in [-0.2, 0) is 4.79 Å². The number of carbonyl (C=O) groups excluding carboxylic acids is 2. The Labute approximate surface area is 78.2 Å². The van der Waals surface area contributed by atoms with Crippen molar-refractivity contribution in [3.8, 4) is 0 Å². The normalized spacial score (nSPS) is 21.5. The second-order valence-corrected chi connectivity index (χ2v) is 3.75.